The van der Waals surface area contributed by atoms with Gasteiger partial charge in [0, 0.05) is 12.6 Å². The van der Waals surface area contributed by atoms with Crippen molar-refractivity contribution >= 4 is 0 Å². The van der Waals surface area contributed by atoms with Gasteiger partial charge in [0.1, 0.15) is 0 Å². The number of β-amino-alcohol motifs (C(OH)–C–C–N with tert-alkyl or cyclic N) is 1. The summed E-state index contributed by atoms with van der Waals surface area (Å²) in [6.45, 7) is 5.13. The highest BCUT2D eigenvalue weighted by molar-refractivity contribution is 4.82. The first-order valence-electron chi connectivity index (χ1n) is 3.61. The van der Waals surface area contributed by atoms with E-state index >= 15 is 0 Å². The summed E-state index contributed by atoms with van der Waals surface area (Å²) in [6, 6.07) is 0.542. The van der Waals surface area contributed by atoms with Crippen LogP contribution >= 0.6 is 0 Å². The van der Waals surface area contributed by atoms with E-state index in [0.29, 0.717) is 12.0 Å². The zero-order chi connectivity index (χ0) is 6.85. The normalized spacial score (nSPS) is 36.0. The standard InChI is InChI=1S/C7H15NO/c1-5(2)7-3-6(9)4-8-7/h5-9H,3-4H2,1-2H3/t6-,7-/m1/s1. The topological polar surface area (TPSA) is 32.3 Å². The van der Waals surface area contributed by atoms with E-state index in [2.05, 4.69) is 19.2 Å². The Balaban J connectivity index is 2.30. The van der Waals surface area contributed by atoms with Crippen LogP contribution in [0.4, 0.5) is 0 Å². The molecule has 2 nitrogen and oxygen atoms in total. The predicted molar refractivity (Wildman–Crippen MR) is 37.3 cm³/mol. The number of hydrogen-bond acceptors (Lipinski definition) is 2. The van der Waals surface area contributed by atoms with Gasteiger partial charge in [0.15, 0.2) is 0 Å². The Kier molecular flexibility index (Phi) is 2.09. The van der Waals surface area contributed by atoms with Crippen molar-refractivity contribution in [2.75, 3.05) is 6.54 Å². The Hall–Kier alpha value is -0.0800. The van der Waals surface area contributed by atoms with E-state index in [1.807, 2.05) is 0 Å². The molecule has 0 amide bonds. The van der Waals surface area contributed by atoms with Gasteiger partial charge in [-0.15, -0.1) is 0 Å². The molecule has 9 heavy (non-hydrogen) atoms. The molecule has 0 radical (unpaired) electrons. The molecule has 1 saturated heterocycles. The van der Waals surface area contributed by atoms with Gasteiger partial charge in [-0.05, 0) is 12.3 Å². The van der Waals surface area contributed by atoms with Crippen LogP contribution in [0.25, 0.3) is 0 Å². The van der Waals surface area contributed by atoms with E-state index in [1.54, 1.807) is 0 Å². The van der Waals surface area contributed by atoms with Gasteiger partial charge in [-0.3, -0.25) is 0 Å². The summed E-state index contributed by atoms with van der Waals surface area (Å²) < 4.78 is 0. The van der Waals surface area contributed by atoms with Crippen molar-refractivity contribution in [2.45, 2.75) is 32.4 Å². The molecule has 2 atom stereocenters. The summed E-state index contributed by atoms with van der Waals surface area (Å²) in [6.07, 6.45) is 0.829. The van der Waals surface area contributed by atoms with Crippen molar-refractivity contribution in [3.63, 3.8) is 0 Å². The zero-order valence-electron chi connectivity index (χ0n) is 6.09. The minimum absolute atomic E-state index is 0.0996. The third-order valence-electron chi connectivity index (χ3n) is 1.95. The minimum Gasteiger partial charge on any atom is -0.392 e. The largest absolute Gasteiger partial charge is 0.392 e. The maximum absolute atomic E-state index is 9.09. The second-order valence-electron chi connectivity index (χ2n) is 3.15. The quantitative estimate of drug-likeness (QED) is 0.536. The second kappa shape index (κ2) is 2.67. The Labute approximate surface area is 56.3 Å². The summed E-state index contributed by atoms with van der Waals surface area (Å²) in [7, 11) is 0. The number of aliphatic hydroxyl groups excluding tert-OH is 1. The van der Waals surface area contributed by atoms with Crippen LogP contribution in [0, 0.1) is 5.92 Å². The van der Waals surface area contributed by atoms with Crippen LogP contribution < -0.4 is 5.32 Å². The average Bonchev–Trinajstić information content (AvgIpc) is 2.14. The lowest BCUT2D eigenvalue weighted by Gasteiger charge is -2.12. The van der Waals surface area contributed by atoms with Gasteiger partial charge in [-0.2, -0.15) is 0 Å². The molecule has 0 unspecified atom stereocenters. The molecule has 0 aromatic rings. The first-order valence-corrected chi connectivity index (χ1v) is 3.61. The molecular weight excluding hydrogens is 114 g/mol. The van der Waals surface area contributed by atoms with E-state index in [1.165, 1.54) is 0 Å². The van der Waals surface area contributed by atoms with E-state index in [0.717, 1.165) is 13.0 Å². The number of hydrogen-bond donors (Lipinski definition) is 2. The SMILES string of the molecule is CC(C)[C@H]1C[C@@H](O)CN1. The molecule has 0 aliphatic carbocycles. The van der Waals surface area contributed by atoms with Crippen LogP contribution in [-0.4, -0.2) is 23.8 Å². The third-order valence-corrected chi connectivity index (χ3v) is 1.95. The molecule has 2 N–H and O–H groups in total. The third kappa shape index (κ3) is 1.66. The zero-order valence-corrected chi connectivity index (χ0v) is 6.09. The molecule has 1 fully saturated rings. The lowest BCUT2D eigenvalue weighted by Crippen LogP contribution is -2.26. The summed E-state index contributed by atoms with van der Waals surface area (Å²) in [5, 5.41) is 12.3. The molecule has 0 bridgehead atoms. The Bertz CT molecular complexity index is 92.9. The molecule has 2 heteroatoms. The van der Waals surface area contributed by atoms with Gasteiger partial charge in [-0.1, -0.05) is 13.8 Å². The average molecular weight is 129 g/mol. The molecular formula is C7H15NO. The monoisotopic (exact) mass is 129 g/mol. The van der Waals surface area contributed by atoms with Crippen molar-refractivity contribution < 1.29 is 5.11 Å². The van der Waals surface area contributed by atoms with Gasteiger partial charge < -0.3 is 10.4 Å². The number of rotatable bonds is 1. The van der Waals surface area contributed by atoms with Gasteiger partial charge in [0.2, 0.25) is 0 Å². The Morgan fingerprint density at radius 2 is 2.22 bits per heavy atom. The summed E-state index contributed by atoms with van der Waals surface area (Å²) in [4.78, 5) is 0. The van der Waals surface area contributed by atoms with Crippen LogP contribution in [-0.2, 0) is 0 Å². The lowest BCUT2D eigenvalue weighted by molar-refractivity contribution is 0.190. The van der Waals surface area contributed by atoms with Gasteiger partial charge in [0.05, 0.1) is 6.10 Å². The van der Waals surface area contributed by atoms with Gasteiger partial charge >= 0.3 is 0 Å². The second-order valence-corrected chi connectivity index (χ2v) is 3.15. The first-order chi connectivity index (χ1) is 4.20. The van der Waals surface area contributed by atoms with Crippen LogP contribution in [0.15, 0.2) is 0 Å². The highest BCUT2D eigenvalue weighted by Gasteiger charge is 2.23. The van der Waals surface area contributed by atoms with Crippen molar-refractivity contribution in [3.8, 4) is 0 Å². The summed E-state index contributed by atoms with van der Waals surface area (Å²) in [5.74, 6) is 0.655. The molecule has 54 valence electrons. The van der Waals surface area contributed by atoms with Gasteiger partial charge in [-0.25, -0.2) is 0 Å². The van der Waals surface area contributed by atoms with Gasteiger partial charge in [0.25, 0.3) is 0 Å². The van der Waals surface area contributed by atoms with E-state index < -0.39 is 0 Å². The highest BCUT2D eigenvalue weighted by atomic mass is 16.3. The fourth-order valence-electron chi connectivity index (χ4n) is 1.26. The van der Waals surface area contributed by atoms with Crippen molar-refractivity contribution in [2.24, 2.45) is 5.92 Å². The van der Waals surface area contributed by atoms with Crippen LogP contribution in [0.5, 0.6) is 0 Å². The molecule has 1 heterocycles. The number of nitrogens with one attached hydrogen (secondary N) is 1. The van der Waals surface area contributed by atoms with Crippen LogP contribution in [0.2, 0.25) is 0 Å². The fourth-order valence-corrected chi connectivity index (χ4v) is 1.26. The molecule has 1 rings (SSSR count). The van der Waals surface area contributed by atoms with Crippen LogP contribution in [0.3, 0.4) is 0 Å². The molecule has 0 aromatic carbocycles. The first kappa shape index (κ1) is 7.03. The van der Waals surface area contributed by atoms with E-state index in [4.69, 9.17) is 5.11 Å². The maximum Gasteiger partial charge on any atom is 0.0679 e. The van der Waals surface area contributed by atoms with Crippen molar-refractivity contribution in [1.82, 2.24) is 5.32 Å². The maximum atomic E-state index is 9.09. The molecule has 0 spiro atoms. The number of aliphatic hydroxyl groups is 1. The smallest absolute Gasteiger partial charge is 0.0679 e. The Morgan fingerprint density at radius 3 is 2.44 bits per heavy atom. The van der Waals surface area contributed by atoms with E-state index in [9.17, 15) is 0 Å². The summed E-state index contributed by atoms with van der Waals surface area (Å²) in [5.41, 5.74) is 0. The lowest BCUT2D eigenvalue weighted by atomic mass is 10.0. The predicted octanol–water partition coefficient (Wildman–Crippen LogP) is 0.365. The summed E-state index contributed by atoms with van der Waals surface area (Å²) >= 11 is 0. The van der Waals surface area contributed by atoms with Crippen LogP contribution in [0.1, 0.15) is 20.3 Å². The minimum atomic E-state index is -0.0996. The van der Waals surface area contributed by atoms with E-state index in [-0.39, 0.29) is 6.10 Å². The van der Waals surface area contributed by atoms with Crippen molar-refractivity contribution in [3.05, 3.63) is 0 Å². The van der Waals surface area contributed by atoms with Crippen molar-refractivity contribution in [1.29, 1.82) is 0 Å². The molecule has 1 aliphatic rings. The highest BCUT2D eigenvalue weighted by Crippen LogP contribution is 2.13. The fraction of sp³-hybridized carbons (Fsp3) is 1.00. The molecule has 1 aliphatic heterocycles. The molecule has 0 aromatic heterocycles. The Morgan fingerprint density at radius 1 is 1.56 bits per heavy atom. The molecule has 0 saturated carbocycles.